The van der Waals surface area contributed by atoms with Crippen LogP contribution in [0.1, 0.15) is 11.7 Å². The fraction of sp³-hybridized carbons (Fsp3) is 0.235. The normalized spacial score (nSPS) is 13.4. The quantitative estimate of drug-likeness (QED) is 0.593. The van der Waals surface area contributed by atoms with Crippen LogP contribution >= 0.6 is 0 Å². The predicted molar refractivity (Wildman–Crippen MR) is 83.8 cm³/mol. The first-order valence-electron chi connectivity index (χ1n) is 6.63. The van der Waals surface area contributed by atoms with Gasteiger partial charge in [0.25, 0.3) is 0 Å². The second-order valence-corrected chi connectivity index (χ2v) is 6.99. The van der Waals surface area contributed by atoms with E-state index in [2.05, 4.69) is 0 Å². The third kappa shape index (κ3) is 4.18. The molecule has 0 unspecified atom stereocenters. The van der Waals surface area contributed by atoms with Crippen molar-refractivity contribution >= 4 is 25.4 Å². The average Bonchev–Trinajstić information content (AvgIpc) is 2.56. The van der Waals surface area contributed by atoms with Crippen molar-refractivity contribution in [1.82, 2.24) is 0 Å². The molecule has 0 heterocycles. The van der Waals surface area contributed by atoms with Crippen molar-refractivity contribution in [2.75, 3.05) is 14.2 Å². The molecule has 0 amide bonds. The van der Waals surface area contributed by atoms with Crippen LogP contribution in [-0.2, 0) is 14.3 Å². The van der Waals surface area contributed by atoms with Gasteiger partial charge in [-0.3, -0.25) is 0 Å². The van der Waals surface area contributed by atoms with Crippen molar-refractivity contribution in [1.29, 1.82) is 0 Å². The summed E-state index contributed by atoms with van der Waals surface area (Å²) >= 11 is -0.0646. The third-order valence-electron chi connectivity index (χ3n) is 3.10. The Kier molecular flexibility index (Phi) is 6.00. The van der Waals surface area contributed by atoms with E-state index in [9.17, 15) is 4.79 Å². The summed E-state index contributed by atoms with van der Waals surface area (Å²) in [5.41, 5.74) is 0.994. The van der Waals surface area contributed by atoms with Gasteiger partial charge in [-0.15, -0.1) is 0 Å². The Morgan fingerprint density at radius 1 is 0.952 bits per heavy atom. The van der Waals surface area contributed by atoms with Crippen molar-refractivity contribution in [3.63, 3.8) is 0 Å². The Balaban J connectivity index is 2.28. The van der Waals surface area contributed by atoms with Crippen LogP contribution < -0.4 is 4.46 Å². The Morgan fingerprint density at radius 2 is 1.52 bits per heavy atom. The monoisotopic (exact) mass is 350 g/mol. The number of carbonyl (C=O) groups is 1. The molecule has 0 aliphatic heterocycles. The molecule has 2 aromatic carbocycles. The van der Waals surface area contributed by atoms with Gasteiger partial charge in [-0.1, -0.05) is 0 Å². The molecule has 2 rings (SSSR count). The third-order valence-corrected chi connectivity index (χ3v) is 5.69. The first-order chi connectivity index (χ1) is 10.3. The summed E-state index contributed by atoms with van der Waals surface area (Å²) in [6, 6.07) is 19.8. The standard InChI is InChI=1S/C17H18O3Se/c1-19-15(13-9-5-3-6-10-13)16(17(18)20-2)21-14-11-7-4-8-12-14/h3-12,15-16H,1-2H3/t15-,16-/m0/s1. The summed E-state index contributed by atoms with van der Waals surface area (Å²) < 4.78 is 11.7. The molecular formula is C17H18O3Se. The molecule has 2 aromatic rings. The van der Waals surface area contributed by atoms with Gasteiger partial charge < -0.3 is 0 Å². The molecule has 0 aromatic heterocycles. The van der Waals surface area contributed by atoms with Crippen molar-refractivity contribution in [3.05, 3.63) is 66.2 Å². The van der Waals surface area contributed by atoms with E-state index in [1.807, 2.05) is 60.7 Å². The first kappa shape index (κ1) is 15.8. The Morgan fingerprint density at radius 3 is 2.05 bits per heavy atom. The predicted octanol–water partition coefficient (Wildman–Crippen LogP) is 2.37. The number of esters is 1. The van der Waals surface area contributed by atoms with E-state index >= 15 is 0 Å². The van der Waals surface area contributed by atoms with Gasteiger partial charge in [-0.05, 0) is 0 Å². The number of ether oxygens (including phenoxy) is 2. The zero-order chi connectivity index (χ0) is 15.1. The van der Waals surface area contributed by atoms with Crippen LogP contribution in [0.15, 0.2) is 60.7 Å². The summed E-state index contributed by atoms with van der Waals surface area (Å²) in [6.07, 6.45) is -0.293. The summed E-state index contributed by atoms with van der Waals surface area (Å²) in [7, 11) is 3.06. The van der Waals surface area contributed by atoms with E-state index in [1.54, 1.807) is 7.11 Å². The second kappa shape index (κ2) is 7.99. The van der Waals surface area contributed by atoms with Crippen LogP contribution in [0, 0.1) is 0 Å². The van der Waals surface area contributed by atoms with Gasteiger partial charge in [0.15, 0.2) is 0 Å². The Hall–Kier alpha value is -1.61. The van der Waals surface area contributed by atoms with Gasteiger partial charge in [0.2, 0.25) is 0 Å². The van der Waals surface area contributed by atoms with Gasteiger partial charge in [0.05, 0.1) is 0 Å². The zero-order valence-corrected chi connectivity index (χ0v) is 13.8. The van der Waals surface area contributed by atoms with Gasteiger partial charge >= 0.3 is 131 Å². The molecule has 3 nitrogen and oxygen atoms in total. The molecule has 2 atom stereocenters. The van der Waals surface area contributed by atoms with E-state index in [1.165, 1.54) is 7.11 Å². The molecule has 0 fully saturated rings. The molecule has 0 saturated carbocycles. The topological polar surface area (TPSA) is 35.5 Å². The molecule has 0 radical (unpaired) electrons. The number of methoxy groups -OCH3 is 2. The van der Waals surface area contributed by atoms with E-state index in [0.29, 0.717) is 0 Å². The summed E-state index contributed by atoms with van der Waals surface area (Å²) in [5, 5.41) is 0. The van der Waals surface area contributed by atoms with Crippen LogP contribution in [0.2, 0.25) is 4.82 Å². The van der Waals surface area contributed by atoms with Gasteiger partial charge in [-0.25, -0.2) is 0 Å². The SMILES string of the molecule is COC(=O)[C@@H]([Se]c1ccccc1)[C@@H](OC)c1ccccc1. The van der Waals surface area contributed by atoms with E-state index in [0.717, 1.165) is 10.0 Å². The fourth-order valence-electron chi connectivity index (χ4n) is 2.07. The van der Waals surface area contributed by atoms with E-state index in [-0.39, 0.29) is 31.8 Å². The summed E-state index contributed by atoms with van der Waals surface area (Å²) in [5.74, 6) is -0.227. The minimum atomic E-state index is -0.308. The summed E-state index contributed by atoms with van der Waals surface area (Å²) in [4.78, 5) is 11.9. The molecule has 0 saturated heterocycles. The number of rotatable bonds is 6. The van der Waals surface area contributed by atoms with Crippen molar-refractivity contribution < 1.29 is 14.3 Å². The summed E-state index contributed by atoms with van der Waals surface area (Å²) in [6.45, 7) is 0. The number of benzene rings is 2. The van der Waals surface area contributed by atoms with Gasteiger partial charge in [0, 0.05) is 0 Å². The van der Waals surface area contributed by atoms with Gasteiger partial charge in [0.1, 0.15) is 0 Å². The second-order valence-electron chi connectivity index (χ2n) is 4.44. The minimum absolute atomic E-state index is 0.0646. The van der Waals surface area contributed by atoms with Crippen LogP contribution in [0.25, 0.3) is 0 Å². The number of hydrogen-bond acceptors (Lipinski definition) is 3. The van der Waals surface area contributed by atoms with Crippen LogP contribution in [0.3, 0.4) is 0 Å². The number of carbonyl (C=O) groups excluding carboxylic acids is 1. The molecule has 0 N–H and O–H groups in total. The van der Waals surface area contributed by atoms with Crippen LogP contribution in [0.5, 0.6) is 0 Å². The molecule has 21 heavy (non-hydrogen) atoms. The van der Waals surface area contributed by atoms with Crippen molar-refractivity contribution in [2.45, 2.75) is 10.9 Å². The Labute approximate surface area is 131 Å². The maximum absolute atomic E-state index is 12.2. The van der Waals surface area contributed by atoms with Crippen LogP contribution in [0.4, 0.5) is 0 Å². The van der Waals surface area contributed by atoms with E-state index < -0.39 is 0 Å². The molecule has 0 aliphatic rings. The first-order valence-corrected chi connectivity index (χ1v) is 8.48. The zero-order valence-electron chi connectivity index (χ0n) is 12.1. The molecule has 0 bridgehead atoms. The Bertz CT molecular complexity index is 557. The van der Waals surface area contributed by atoms with Crippen molar-refractivity contribution in [2.24, 2.45) is 0 Å². The van der Waals surface area contributed by atoms with Gasteiger partial charge in [-0.2, -0.15) is 0 Å². The van der Waals surface area contributed by atoms with Crippen LogP contribution in [-0.4, -0.2) is 35.1 Å². The molecular weight excluding hydrogens is 331 g/mol. The fourth-order valence-corrected chi connectivity index (χ4v) is 4.57. The van der Waals surface area contributed by atoms with Crippen molar-refractivity contribution in [3.8, 4) is 0 Å². The molecule has 4 heteroatoms. The molecule has 0 spiro atoms. The molecule has 110 valence electrons. The average molecular weight is 349 g/mol. The molecule has 0 aliphatic carbocycles. The number of hydrogen-bond donors (Lipinski definition) is 0. The maximum atomic E-state index is 12.2. The van der Waals surface area contributed by atoms with E-state index in [4.69, 9.17) is 9.47 Å².